The third-order valence-corrected chi connectivity index (χ3v) is 4.92. The van der Waals surface area contributed by atoms with Crippen LogP contribution in [0.25, 0.3) is 10.9 Å². The molecule has 3 aromatic rings. The standard InChI is InChI=1S/C20H20FN3O2/c1-25-13-8-9-14(18(11-13)26-2)17-7-4-10-24(17)20-15-5-3-6-16(21)19(15)22-12-23-20/h3,5-6,8-9,11-12,17H,4,7,10H2,1-2H3. The molecule has 1 saturated heterocycles. The molecule has 1 atom stereocenters. The molecule has 5 nitrogen and oxygen atoms in total. The van der Waals surface area contributed by atoms with Crippen LogP contribution in [-0.4, -0.2) is 30.7 Å². The Bertz CT molecular complexity index is 947. The van der Waals surface area contributed by atoms with Gasteiger partial charge in [-0.25, -0.2) is 14.4 Å². The maximum absolute atomic E-state index is 14.1. The number of halogens is 1. The van der Waals surface area contributed by atoms with E-state index in [1.807, 2.05) is 24.3 Å². The topological polar surface area (TPSA) is 47.5 Å². The number of aromatic nitrogens is 2. The van der Waals surface area contributed by atoms with Gasteiger partial charge in [-0.15, -0.1) is 0 Å². The molecule has 6 heteroatoms. The van der Waals surface area contributed by atoms with E-state index in [0.717, 1.165) is 47.7 Å². The Hall–Kier alpha value is -2.89. The Kier molecular flexibility index (Phi) is 4.32. The summed E-state index contributed by atoms with van der Waals surface area (Å²) in [4.78, 5) is 10.8. The summed E-state index contributed by atoms with van der Waals surface area (Å²) in [5, 5.41) is 0.729. The highest BCUT2D eigenvalue weighted by Gasteiger charge is 2.30. The summed E-state index contributed by atoms with van der Waals surface area (Å²) in [6.07, 6.45) is 3.44. The second kappa shape index (κ2) is 6.78. The minimum atomic E-state index is -0.330. The van der Waals surface area contributed by atoms with Crippen molar-refractivity contribution in [2.75, 3.05) is 25.7 Å². The SMILES string of the molecule is COc1ccc(C2CCCN2c2ncnc3c(F)cccc23)c(OC)c1. The molecule has 0 amide bonds. The molecule has 2 aromatic carbocycles. The number of rotatable bonds is 4. The van der Waals surface area contributed by atoms with E-state index in [1.165, 1.54) is 12.4 Å². The number of benzene rings is 2. The zero-order valence-electron chi connectivity index (χ0n) is 14.8. The number of anilines is 1. The Morgan fingerprint density at radius 1 is 1.12 bits per heavy atom. The minimum Gasteiger partial charge on any atom is -0.497 e. The molecule has 1 unspecified atom stereocenters. The monoisotopic (exact) mass is 353 g/mol. The molecule has 0 bridgehead atoms. The van der Waals surface area contributed by atoms with Crippen molar-refractivity contribution in [3.8, 4) is 11.5 Å². The van der Waals surface area contributed by atoms with Crippen LogP contribution in [-0.2, 0) is 0 Å². The van der Waals surface area contributed by atoms with Crippen molar-refractivity contribution >= 4 is 16.7 Å². The largest absolute Gasteiger partial charge is 0.497 e. The van der Waals surface area contributed by atoms with Crippen LogP contribution >= 0.6 is 0 Å². The van der Waals surface area contributed by atoms with Crippen molar-refractivity contribution in [2.24, 2.45) is 0 Å². The van der Waals surface area contributed by atoms with E-state index >= 15 is 0 Å². The first kappa shape index (κ1) is 16.6. The van der Waals surface area contributed by atoms with E-state index in [-0.39, 0.29) is 11.9 Å². The predicted octanol–water partition coefficient (Wildman–Crippen LogP) is 4.13. The lowest BCUT2D eigenvalue weighted by molar-refractivity contribution is 0.388. The number of ether oxygens (including phenoxy) is 2. The fourth-order valence-corrected chi connectivity index (χ4v) is 3.70. The number of nitrogens with zero attached hydrogens (tertiary/aromatic N) is 3. The van der Waals surface area contributed by atoms with Gasteiger partial charge < -0.3 is 14.4 Å². The van der Waals surface area contributed by atoms with Gasteiger partial charge in [0.15, 0.2) is 0 Å². The summed E-state index contributed by atoms with van der Waals surface area (Å²) in [6, 6.07) is 11.0. The maximum Gasteiger partial charge on any atom is 0.149 e. The van der Waals surface area contributed by atoms with Gasteiger partial charge in [-0.05, 0) is 37.1 Å². The summed E-state index contributed by atoms with van der Waals surface area (Å²) >= 11 is 0. The normalized spacial score (nSPS) is 16.9. The zero-order valence-corrected chi connectivity index (χ0v) is 14.8. The molecule has 134 valence electrons. The molecule has 2 heterocycles. The summed E-state index contributed by atoms with van der Waals surface area (Å²) in [7, 11) is 3.30. The zero-order chi connectivity index (χ0) is 18.1. The van der Waals surface area contributed by atoms with E-state index in [4.69, 9.17) is 9.47 Å². The van der Waals surface area contributed by atoms with Gasteiger partial charge in [-0.1, -0.05) is 6.07 Å². The second-order valence-corrected chi connectivity index (χ2v) is 6.29. The lowest BCUT2D eigenvalue weighted by Crippen LogP contribution is -2.24. The van der Waals surface area contributed by atoms with E-state index in [0.29, 0.717) is 5.52 Å². The van der Waals surface area contributed by atoms with Crippen LogP contribution in [0.4, 0.5) is 10.2 Å². The Morgan fingerprint density at radius 2 is 2.00 bits per heavy atom. The van der Waals surface area contributed by atoms with Crippen molar-refractivity contribution in [1.29, 1.82) is 0 Å². The van der Waals surface area contributed by atoms with Gasteiger partial charge in [-0.3, -0.25) is 0 Å². The summed E-state index contributed by atoms with van der Waals surface area (Å²) in [6.45, 7) is 0.850. The van der Waals surface area contributed by atoms with Crippen molar-refractivity contribution in [3.05, 3.63) is 54.1 Å². The Labute approximate surface area is 151 Å². The molecule has 1 aliphatic heterocycles. The smallest absolute Gasteiger partial charge is 0.149 e. The Balaban J connectivity index is 1.80. The molecular formula is C20H20FN3O2. The molecule has 0 saturated carbocycles. The van der Waals surface area contributed by atoms with E-state index < -0.39 is 0 Å². The third-order valence-electron chi connectivity index (χ3n) is 4.92. The lowest BCUT2D eigenvalue weighted by atomic mass is 10.0. The van der Waals surface area contributed by atoms with Crippen molar-refractivity contribution in [2.45, 2.75) is 18.9 Å². The first-order chi connectivity index (χ1) is 12.7. The molecule has 1 fully saturated rings. The molecule has 1 aromatic heterocycles. The highest BCUT2D eigenvalue weighted by atomic mass is 19.1. The second-order valence-electron chi connectivity index (χ2n) is 6.29. The van der Waals surface area contributed by atoms with Gasteiger partial charge in [0, 0.05) is 23.6 Å². The van der Waals surface area contributed by atoms with Crippen LogP contribution < -0.4 is 14.4 Å². The number of para-hydroxylation sites is 1. The van der Waals surface area contributed by atoms with Gasteiger partial charge in [-0.2, -0.15) is 0 Å². The van der Waals surface area contributed by atoms with Gasteiger partial charge in [0.25, 0.3) is 0 Å². The highest BCUT2D eigenvalue weighted by molar-refractivity contribution is 5.90. The van der Waals surface area contributed by atoms with Crippen LogP contribution in [0.2, 0.25) is 0 Å². The first-order valence-electron chi connectivity index (χ1n) is 8.60. The van der Waals surface area contributed by atoms with Crippen LogP contribution in [0, 0.1) is 5.82 Å². The third kappa shape index (κ3) is 2.71. The fourth-order valence-electron chi connectivity index (χ4n) is 3.70. The molecule has 4 rings (SSSR count). The number of hydrogen-bond acceptors (Lipinski definition) is 5. The number of methoxy groups -OCH3 is 2. The van der Waals surface area contributed by atoms with Gasteiger partial charge in [0.1, 0.15) is 35.0 Å². The summed E-state index contributed by atoms with van der Waals surface area (Å²) in [5.41, 5.74) is 1.43. The van der Waals surface area contributed by atoms with Gasteiger partial charge in [0.05, 0.1) is 20.3 Å². The average Bonchev–Trinajstić information content (AvgIpc) is 3.16. The van der Waals surface area contributed by atoms with Crippen molar-refractivity contribution < 1.29 is 13.9 Å². The molecule has 0 N–H and O–H groups in total. The average molecular weight is 353 g/mol. The molecule has 0 radical (unpaired) electrons. The van der Waals surface area contributed by atoms with Gasteiger partial charge >= 0.3 is 0 Å². The summed E-state index contributed by atoms with van der Waals surface area (Å²) in [5.74, 6) is 1.97. The molecule has 26 heavy (non-hydrogen) atoms. The maximum atomic E-state index is 14.1. The lowest BCUT2D eigenvalue weighted by Gasteiger charge is -2.28. The fraction of sp³-hybridized carbons (Fsp3) is 0.300. The highest BCUT2D eigenvalue weighted by Crippen LogP contribution is 2.42. The van der Waals surface area contributed by atoms with Crippen LogP contribution in [0.5, 0.6) is 11.5 Å². The van der Waals surface area contributed by atoms with E-state index in [2.05, 4.69) is 14.9 Å². The Morgan fingerprint density at radius 3 is 2.81 bits per heavy atom. The number of fused-ring (bicyclic) bond motifs is 1. The van der Waals surface area contributed by atoms with Crippen molar-refractivity contribution in [3.63, 3.8) is 0 Å². The van der Waals surface area contributed by atoms with E-state index in [1.54, 1.807) is 20.3 Å². The van der Waals surface area contributed by atoms with Crippen LogP contribution in [0.1, 0.15) is 24.4 Å². The summed E-state index contributed by atoms with van der Waals surface area (Å²) < 4.78 is 25.0. The molecule has 0 aliphatic carbocycles. The van der Waals surface area contributed by atoms with Crippen molar-refractivity contribution in [1.82, 2.24) is 9.97 Å². The predicted molar refractivity (Wildman–Crippen MR) is 98.4 cm³/mol. The van der Waals surface area contributed by atoms with Crippen LogP contribution in [0.15, 0.2) is 42.7 Å². The first-order valence-corrected chi connectivity index (χ1v) is 8.60. The molecule has 0 spiro atoms. The minimum absolute atomic E-state index is 0.109. The number of hydrogen-bond donors (Lipinski definition) is 0. The van der Waals surface area contributed by atoms with Gasteiger partial charge in [0.2, 0.25) is 0 Å². The van der Waals surface area contributed by atoms with Crippen LogP contribution in [0.3, 0.4) is 0 Å². The van der Waals surface area contributed by atoms with E-state index in [9.17, 15) is 4.39 Å². The molecular weight excluding hydrogens is 333 g/mol. The quantitative estimate of drug-likeness (QED) is 0.706. The molecule has 1 aliphatic rings.